The summed E-state index contributed by atoms with van der Waals surface area (Å²) < 4.78 is 0. The molecule has 4 heteroatoms. The van der Waals surface area contributed by atoms with Crippen LogP contribution in [-0.4, -0.2) is 17.4 Å². The van der Waals surface area contributed by atoms with Gasteiger partial charge < -0.3 is 11.1 Å². The molecule has 2 rings (SSSR count). The molecule has 0 bridgehead atoms. The van der Waals surface area contributed by atoms with Crippen molar-refractivity contribution in [2.24, 2.45) is 5.73 Å². The molecule has 0 atom stereocenters. The van der Waals surface area contributed by atoms with E-state index in [4.69, 9.17) is 5.73 Å². The fourth-order valence-corrected chi connectivity index (χ4v) is 1.50. The Balaban J connectivity index is 2.08. The molecule has 0 spiro atoms. The van der Waals surface area contributed by atoms with Crippen molar-refractivity contribution < 1.29 is 4.79 Å². The first-order valence-corrected chi connectivity index (χ1v) is 5.80. The molecule has 1 aromatic carbocycles. The maximum Gasteiger partial charge on any atom is 0.255 e. The first-order chi connectivity index (χ1) is 9.29. The molecule has 1 amide bonds. The molecule has 94 valence electrons. The lowest BCUT2D eigenvalue weighted by Crippen LogP contribution is -2.11. The number of amides is 1. The third kappa shape index (κ3) is 3.66. The van der Waals surface area contributed by atoms with Gasteiger partial charge in [-0.3, -0.25) is 9.78 Å². The number of nitrogens with zero attached hydrogens (tertiary/aromatic N) is 1. The fraction of sp³-hybridized carbons (Fsp3) is 0.0667. The van der Waals surface area contributed by atoms with Crippen LogP contribution >= 0.6 is 0 Å². The first kappa shape index (κ1) is 12.8. The summed E-state index contributed by atoms with van der Waals surface area (Å²) in [5, 5.41) is 2.79. The number of carbonyl (C=O) groups is 1. The van der Waals surface area contributed by atoms with Crippen LogP contribution in [-0.2, 0) is 0 Å². The number of anilines is 1. The number of nitrogens with two attached hydrogens (primary N) is 1. The monoisotopic (exact) mass is 251 g/mol. The molecule has 3 N–H and O–H groups in total. The van der Waals surface area contributed by atoms with E-state index in [9.17, 15) is 4.79 Å². The minimum atomic E-state index is -0.162. The second-order valence-corrected chi connectivity index (χ2v) is 3.77. The molecule has 2 aromatic rings. The molecular weight excluding hydrogens is 238 g/mol. The van der Waals surface area contributed by atoms with Crippen molar-refractivity contribution in [2.75, 3.05) is 11.9 Å². The Kier molecular flexibility index (Phi) is 4.27. The summed E-state index contributed by atoms with van der Waals surface area (Å²) >= 11 is 0. The topological polar surface area (TPSA) is 68.0 Å². The lowest BCUT2D eigenvalue weighted by atomic mass is 10.1. The van der Waals surface area contributed by atoms with E-state index in [-0.39, 0.29) is 5.91 Å². The van der Waals surface area contributed by atoms with Gasteiger partial charge in [-0.1, -0.05) is 11.8 Å². The number of benzene rings is 1. The van der Waals surface area contributed by atoms with Crippen LogP contribution in [0.25, 0.3) is 0 Å². The number of hydrogen-bond donors (Lipinski definition) is 2. The van der Waals surface area contributed by atoms with Crippen LogP contribution in [0.15, 0.2) is 48.8 Å². The van der Waals surface area contributed by atoms with E-state index >= 15 is 0 Å². The van der Waals surface area contributed by atoms with Crippen molar-refractivity contribution >= 4 is 11.6 Å². The maximum absolute atomic E-state index is 12.0. The fourth-order valence-electron chi connectivity index (χ4n) is 1.50. The minimum absolute atomic E-state index is 0.162. The Bertz CT molecular complexity index is 609. The third-order valence-electron chi connectivity index (χ3n) is 2.42. The molecule has 0 unspecified atom stereocenters. The van der Waals surface area contributed by atoms with E-state index in [1.807, 2.05) is 0 Å². The molecule has 0 aliphatic rings. The van der Waals surface area contributed by atoms with E-state index < -0.39 is 0 Å². The van der Waals surface area contributed by atoms with Crippen LogP contribution in [0.2, 0.25) is 0 Å². The average Bonchev–Trinajstić information content (AvgIpc) is 2.46. The van der Waals surface area contributed by atoms with E-state index in [0.29, 0.717) is 17.8 Å². The predicted octanol–water partition coefficient (Wildman–Crippen LogP) is 1.64. The summed E-state index contributed by atoms with van der Waals surface area (Å²) in [6.45, 7) is 0.324. The zero-order valence-corrected chi connectivity index (χ0v) is 10.3. The van der Waals surface area contributed by atoms with Crippen LogP contribution in [0.3, 0.4) is 0 Å². The van der Waals surface area contributed by atoms with Crippen molar-refractivity contribution in [1.29, 1.82) is 0 Å². The van der Waals surface area contributed by atoms with Crippen LogP contribution in [0.5, 0.6) is 0 Å². The largest absolute Gasteiger partial charge is 0.322 e. The van der Waals surface area contributed by atoms with Crippen molar-refractivity contribution in [1.82, 2.24) is 4.98 Å². The highest BCUT2D eigenvalue weighted by molar-refractivity contribution is 6.04. The van der Waals surface area contributed by atoms with Crippen molar-refractivity contribution in [3.63, 3.8) is 0 Å². The maximum atomic E-state index is 12.0. The Hall–Kier alpha value is -2.64. The summed E-state index contributed by atoms with van der Waals surface area (Å²) in [5.41, 5.74) is 7.43. The van der Waals surface area contributed by atoms with E-state index in [1.165, 1.54) is 0 Å². The standard InChI is InChI=1S/C15H13N3O/c16-9-1-2-12-3-5-13(6-4-12)15(19)18-14-7-10-17-11-8-14/h3-8,10-11H,9,16H2,(H,17,18,19). The van der Waals surface area contributed by atoms with E-state index in [1.54, 1.807) is 48.8 Å². The zero-order chi connectivity index (χ0) is 13.5. The molecule has 0 aliphatic carbocycles. The van der Waals surface area contributed by atoms with E-state index in [2.05, 4.69) is 22.1 Å². The molecule has 19 heavy (non-hydrogen) atoms. The van der Waals surface area contributed by atoms with Gasteiger partial charge in [0, 0.05) is 29.2 Å². The van der Waals surface area contributed by atoms with Gasteiger partial charge in [-0.05, 0) is 36.4 Å². The zero-order valence-electron chi connectivity index (χ0n) is 10.3. The van der Waals surface area contributed by atoms with Gasteiger partial charge >= 0.3 is 0 Å². The summed E-state index contributed by atoms with van der Waals surface area (Å²) in [6.07, 6.45) is 3.25. The third-order valence-corrected chi connectivity index (χ3v) is 2.42. The molecule has 0 aliphatic heterocycles. The average molecular weight is 251 g/mol. The van der Waals surface area contributed by atoms with Crippen molar-refractivity contribution in [3.8, 4) is 11.8 Å². The number of carbonyl (C=O) groups excluding carboxylic acids is 1. The van der Waals surface area contributed by atoms with Gasteiger partial charge in [0.25, 0.3) is 5.91 Å². The van der Waals surface area contributed by atoms with Crippen molar-refractivity contribution in [2.45, 2.75) is 0 Å². The molecule has 1 heterocycles. The van der Waals surface area contributed by atoms with Gasteiger partial charge in [-0.15, -0.1) is 0 Å². The van der Waals surface area contributed by atoms with Crippen LogP contribution in [0.4, 0.5) is 5.69 Å². The highest BCUT2D eigenvalue weighted by Crippen LogP contribution is 2.08. The van der Waals surface area contributed by atoms with Crippen LogP contribution in [0.1, 0.15) is 15.9 Å². The molecule has 0 fully saturated rings. The molecule has 0 saturated carbocycles. The lowest BCUT2D eigenvalue weighted by Gasteiger charge is -2.04. The molecule has 0 saturated heterocycles. The highest BCUT2D eigenvalue weighted by atomic mass is 16.1. The summed E-state index contributed by atoms with van der Waals surface area (Å²) in [6, 6.07) is 10.5. The molecule has 1 aromatic heterocycles. The smallest absolute Gasteiger partial charge is 0.255 e. The highest BCUT2D eigenvalue weighted by Gasteiger charge is 2.05. The summed E-state index contributed by atoms with van der Waals surface area (Å²) in [4.78, 5) is 15.8. The summed E-state index contributed by atoms with van der Waals surface area (Å²) in [7, 11) is 0. The van der Waals surface area contributed by atoms with E-state index in [0.717, 1.165) is 5.56 Å². The molecule has 0 radical (unpaired) electrons. The normalized spacial score (nSPS) is 9.32. The van der Waals surface area contributed by atoms with Crippen LogP contribution < -0.4 is 11.1 Å². The van der Waals surface area contributed by atoms with Gasteiger partial charge in [0.15, 0.2) is 0 Å². The number of nitrogens with one attached hydrogen (secondary N) is 1. The Morgan fingerprint density at radius 2 is 1.84 bits per heavy atom. The minimum Gasteiger partial charge on any atom is -0.322 e. The van der Waals surface area contributed by atoms with Crippen molar-refractivity contribution in [3.05, 3.63) is 59.9 Å². The van der Waals surface area contributed by atoms with Gasteiger partial charge in [-0.25, -0.2) is 0 Å². The molecular formula is C15H13N3O. The Morgan fingerprint density at radius 3 is 2.47 bits per heavy atom. The Morgan fingerprint density at radius 1 is 1.16 bits per heavy atom. The van der Waals surface area contributed by atoms with Gasteiger partial charge in [0.05, 0.1) is 6.54 Å². The summed E-state index contributed by atoms with van der Waals surface area (Å²) in [5.74, 6) is 5.51. The quantitative estimate of drug-likeness (QED) is 0.797. The SMILES string of the molecule is NCC#Cc1ccc(C(=O)Nc2ccncc2)cc1. The number of hydrogen-bond acceptors (Lipinski definition) is 3. The number of rotatable bonds is 2. The first-order valence-electron chi connectivity index (χ1n) is 5.80. The van der Waals surface area contributed by atoms with Gasteiger partial charge in [0.2, 0.25) is 0 Å². The number of pyridine rings is 1. The van der Waals surface area contributed by atoms with Gasteiger partial charge in [0.1, 0.15) is 0 Å². The molecule has 4 nitrogen and oxygen atoms in total. The predicted molar refractivity (Wildman–Crippen MR) is 74.6 cm³/mol. The second kappa shape index (κ2) is 6.34. The second-order valence-electron chi connectivity index (χ2n) is 3.77. The van der Waals surface area contributed by atoms with Crippen LogP contribution in [0, 0.1) is 11.8 Å². The van der Waals surface area contributed by atoms with Gasteiger partial charge in [-0.2, -0.15) is 0 Å². The Labute approximate surface area is 111 Å². The number of aromatic nitrogens is 1. The lowest BCUT2D eigenvalue weighted by molar-refractivity contribution is 0.102.